The number of ether oxygens (including phenoxy) is 2. The molecule has 1 N–H and O–H groups in total. The molecule has 0 radical (unpaired) electrons. The summed E-state index contributed by atoms with van der Waals surface area (Å²) in [5.41, 5.74) is 3.38. The minimum Gasteiger partial charge on any atom is -0.469 e. The average molecular weight is 457 g/mol. The molecule has 0 spiro atoms. The maximum Gasteiger partial charge on any atom is 0.410 e. The van der Waals surface area contributed by atoms with Crippen molar-refractivity contribution in [2.24, 2.45) is 17.8 Å². The number of fused-ring (bicyclic) bond motifs is 1. The van der Waals surface area contributed by atoms with Gasteiger partial charge in [0.2, 0.25) is 0 Å². The summed E-state index contributed by atoms with van der Waals surface area (Å²) in [6.45, 7) is 9.25. The Bertz CT molecular complexity index is 865. The Labute approximate surface area is 198 Å². The molecule has 0 bridgehead atoms. The van der Waals surface area contributed by atoms with Crippen LogP contribution < -0.4 is 5.32 Å². The molecule has 2 heterocycles. The van der Waals surface area contributed by atoms with Gasteiger partial charge in [-0.2, -0.15) is 0 Å². The average Bonchev–Trinajstić information content (AvgIpc) is 3.62. The van der Waals surface area contributed by atoms with Gasteiger partial charge < -0.3 is 19.7 Å². The van der Waals surface area contributed by atoms with E-state index in [2.05, 4.69) is 23.5 Å². The highest BCUT2D eigenvalue weighted by Gasteiger charge is 2.40. The molecule has 182 valence electrons. The number of benzene rings is 1. The van der Waals surface area contributed by atoms with Gasteiger partial charge in [-0.15, -0.1) is 0 Å². The van der Waals surface area contributed by atoms with Crippen molar-refractivity contribution < 1.29 is 19.1 Å². The number of carbonyl (C=O) groups is 2. The van der Waals surface area contributed by atoms with Gasteiger partial charge in [0.05, 0.1) is 13.0 Å². The maximum atomic E-state index is 12.4. The summed E-state index contributed by atoms with van der Waals surface area (Å²) < 4.78 is 10.6. The second kappa shape index (κ2) is 9.55. The van der Waals surface area contributed by atoms with Gasteiger partial charge in [-0.1, -0.05) is 19.1 Å². The molecule has 2 aliphatic heterocycles. The second-order valence-corrected chi connectivity index (χ2v) is 11.2. The summed E-state index contributed by atoms with van der Waals surface area (Å²) in [6, 6.07) is 7.19. The number of likely N-dealkylation sites (tertiary alicyclic amines) is 1. The van der Waals surface area contributed by atoms with Crippen LogP contribution in [0.15, 0.2) is 18.2 Å². The Hall–Kier alpha value is -2.24. The number of methoxy groups -OCH3 is 1. The van der Waals surface area contributed by atoms with Crippen LogP contribution in [0.1, 0.15) is 76.8 Å². The predicted molar refractivity (Wildman–Crippen MR) is 129 cm³/mol. The first-order valence-corrected chi connectivity index (χ1v) is 12.6. The number of nitrogens with one attached hydrogen (secondary N) is 1. The van der Waals surface area contributed by atoms with E-state index in [9.17, 15) is 9.59 Å². The lowest BCUT2D eigenvalue weighted by Crippen LogP contribution is -2.45. The molecule has 2 fully saturated rings. The van der Waals surface area contributed by atoms with Gasteiger partial charge in [0.15, 0.2) is 0 Å². The largest absolute Gasteiger partial charge is 0.469 e. The zero-order valence-corrected chi connectivity index (χ0v) is 20.9. The number of esters is 1. The fourth-order valence-corrected chi connectivity index (χ4v) is 5.66. The minimum atomic E-state index is -0.454. The fourth-order valence-electron chi connectivity index (χ4n) is 5.66. The van der Waals surface area contributed by atoms with Gasteiger partial charge in [0.1, 0.15) is 5.60 Å². The van der Waals surface area contributed by atoms with Crippen LogP contribution in [0.3, 0.4) is 0 Å². The second-order valence-electron chi connectivity index (χ2n) is 11.2. The maximum absolute atomic E-state index is 12.4. The zero-order chi connectivity index (χ0) is 23.8. The standard InChI is InChI=1S/C27H40N2O4/c1-17(25(30)32-5)24(20-7-8-20)21-9-6-18-10-11-22(28-23(18)16-21)19-12-14-29(15-13-19)26(31)33-27(2,3)4/h6,9,16-17,19-20,22,24,28H,7-8,10-15H2,1-5H3/t17-,22?,24?/m0/s1. The van der Waals surface area contributed by atoms with Crippen molar-refractivity contribution in [2.45, 2.75) is 83.8 Å². The van der Waals surface area contributed by atoms with Crippen molar-refractivity contribution in [2.75, 3.05) is 25.5 Å². The lowest BCUT2D eigenvalue weighted by atomic mass is 9.80. The van der Waals surface area contributed by atoms with Crippen LogP contribution in [0.5, 0.6) is 0 Å². The smallest absolute Gasteiger partial charge is 0.410 e. The van der Waals surface area contributed by atoms with Crippen molar-refractivity contribution in [3.8, 4) is 0 Å². The fraction of sp³-hybridized carbons (Fsp3) is 0.704. The lowest BCUT2D eigenvalue weighted by molar-refractivity contribution is -0.145. The Morgan fingerprint density at radius 3 is 2.39 bits per heavy atom. The Morgan fingerprint density at radius 1 is 1.09 bits per heavy atom. The molecule has 1 aromatic carbocycles. The molecular weight excluding hydrogens is 416 g/mol. The van der Waals surface area contributed by atoms with E-state index >= 15 is 0 Å². The molecule has 1 saturated carbocycles. The third kappa shape index (κ3) is 5.64. The van der Waals surface area contributed by atoms with Crippen molar-refractivity contribution in [3.63, 3.8) is 0 Å². The number of aryl methyl sites for hydroxylation is 1. The highest BCUT2D eigenvalue weighted by Crippen LogP contribution is 2.48. The van der Waals surface area contributed by atoms with Crippen LogP contribution in [0.4, 0.5) is 10.5 Å². The summed E-state index contributed by atoms with van der Waals surface area (Å²) in [6.07, 6.45) is 6.36. The summed E-state index contributed by atoms with van der Waals surface area (Å²) in [7, 11) is 1.48. The van der Waals surface area contributed by atoms with Gasteiger partial charge in [-0.3, -0.25) is 4.79 Å². The predicted octanol–water partition coefficient (Wildman–Crippen LogP) is 5.36. The van der Waals surface area contributed by atoms with Gasteiger partial charge >= 0.3 is 12.1 Å². The molecule has 2 unspecified atom stereocenters. The molecule has 0 aromatic heterocycles. The first-order chi connectivity index (χ1) is 15.7. The van der Waals surface area contributed by atoms with E-state index in [0.717, 1.165) is 38.8 Å². The van der Waals surface area contributed by atoms with Crippen LogP contribution in [0.25, 0.3) is 0 Å². The zero-order valence-electron chi connectivity index (χ0n) is 20.9. The summed E-state index contributed by atoms with van der Waals surface area (Å²) >= 11 is 0. The first kappa shape index (κ1) is 23.9. The number of hydrogen-bond donors (Lipinski definition) is 1. The highest BCUT2D eigenvalue weighted by molar-refractivity contribution is 5.73. The van der Waals surface area contributed by atoms with Crippen molar-refractivity contribution in [3.05, 3.63) is 29.3 Å². The number of nitrogens with zero attached hydrogens (tertiary/aromatic N) is 1. The van der Waals surface area contributed by atoms with Gasteiger partial charge in [-0.25, -0.2) is 4.79 Å². The van der Waals surface area contributed by atoms with E-state index in [-0.39, 0.29) is 23.9 Å². The molecule has 6 nitrogen and oxygen atoms in total. The van der Waals surface area contributed by atoms with E-state index in [0.29, 0.717) is 17.9 Å². The SMILES string of the molecule is COC(=O)[C@@H](C)C(c1ccc2c(c1)NC(C1CCN(C(=O)OC(C)(C)C)CC1)CC2)C1CC1. The third-order valence-electron chi connectivity index (χ3n) is 7.59. The van der Waals surface area contributed by atoms with Gasteiger partial charge in [0.25, 0.3) is 0 Å². The monoisotopic (exact) mass is 456 g/mol. The molecule has 1 saturated heterocycles. The van der Waals surface area contributed by atoms with Crippen molar-refractivity contribution in [1.82, 2.24) is 4.90 Å². The first-order valence-electron chi connectivity index (χ1n) is 12.6. The molecule has 1 aliphatic carbocycles. The van der Waals surface area contributed by atoms with Crippen LogP contribution >= 0.6 is 0 Å². The normalized spacial score (nSPS) is 23.2. The van der Waals surface area contributed by atoms with E-state index in [1.807, 2.05) is 32.6 Å². The van der Waals surface area contributed by atoms with Gasteiger partial charge in [-0.05, 0) is 94.2 Å². The molecule has 1 amide bonds. The number of carbonyl (C=O) groups excluding carboxylic acids is 2. The highest BCUT2D eigenvalue weighted by atomic mass is 16.6. The quantitative estimate of drug-likeness (QED) is 0.604. The molecule has 33 heavy (non-hydrogen) atoms. The Balaban J connectivity index is 1.40. The summed E-state index contributed by atoms with van der Waals surface area (Å²) in [5, 5.41) is 3.83. The molecular formula is C27H40N2O4. The molecule has 3 atom stereocenters. The van der Waals surface area contributed by atoms with Crippen LogP contribution in [-0.2, 0) is 20.7 Å². The van der Waals surface area contributed by atoms with E-state index in [4.69, 9.17) is 9.47 Å². The van der Waals surface area contributed by atoms with E-state index in [1.54, 1.807) is 0 Å². The lowest BCUT2D eigenvalue weighted by Gasteiger charge is -2.39. The van der Waals surface area contributed by atoms with E-state index < -0.39 is 5.60 Å². The third-order valence-corrected chi connectivity index (χ3v) is 7.59. The van der Waals surface area contributed by atoms with Gasteiger partial charge in [0, 0.05) is 24.8 Å². The molecule has 6 heteroatoms. The summed E-state index contributed by atoms with van der Waals surface area (Å²) in [5.74, 6) is 1.11. The van der Waals surface area contributed by atoms with Crippen molar-refractivity contribution >= 4 is 17.7 Å². The number of hydrogen-bond acceptors (Lipinski definition) is 5. The van der Waals surface area contributed by atoms with E-state index in [1.165, 1.54) is 36.8 Å². The summed E-state index contributed by atoms with van der Waals surface area (Å²) in [4.78, 5) is 26.5. The molecule has 3 aliphatic rings. The molecule has 1 aromatic rings. The van der Waals surface area contributed by atoms with Crippen LogP contribution in [-0.4, -0.2) is 48.8 Å². The van der Waals surface area contributed by atoms with Crippen molar-refractivity contribution in [1.29, 1.82) is 0 Å². The molecule has 4 rings (SSSR count). The minimum absolute atomic E-state index is 0.118. The number of anilines is 1. The number of rotatable bonds is 5. The Kier molecular flexibility index (Phi) is 6.92. The van der Waals surface area contributed by atoms with Crippen LogP contribution in [0, 0.1) is 17.8 Å². The van der Waals surface area contributed by atoms with Crippen LogP contribution in [0.2, 0.25) is 0 Å². The topological polar surface area (TPSA) is 67.9 Å². The number of amides is 1. The number of piperidine rings is 1. The Morgan fingerprint density at radius 2 is 1.79 bits per heavy atom.